The summed E-state index contributed by atoms with van der Waals surface area (Å²) in [5.74, 6) is 0. The lowest BCUT2D eigenvalue weighted by Gasteiger charge is -2.11. The summed E-state index contributed by atoms with van der Waals surface area (Å²) in [7, 11) is 1.28. The highest BCUT2D eigenvalue weighted by Crippen LogP contribution is 2.23. The Hall–Kier alpha value is -0.360. The van der Waals surface area contributed by atoms with E-state index in [9.17, 15) is 17.6 Å². The molecule has 0 fully saturated rings. The number of halogens is 4. The largest absolute Gasteiger partial charge is 0.445 e. The fraction of sp³-hybridized carbons (Fsp3) is 1.00. The predicted octanol–water partition coefficient (Wildman–Crippen LogP) is 1.51. The number of ether oxygens (including phenoxy) is 2. The van der Waals surface area contributed by atoms with Crippen LogP contribution in [0.1, 0.15) is 0 Å². The van der Waals surface area contributed by atoms with Crippen molar-refractivity contribution in [2.45, 2.75) is 12.5 Å². The van der Waals surface area contributed by atoms with Crippen LogP contribution in [0.5, 0.6) is 0 Å². The molecule has 0 amide bonds. The third-order valence-electron chi connectivity index (χ3n) is 0.809. The number of methoxy groups -OCH3 is 1. The van der Waals surface area contributed by atoms with E-state index in [1.807, 2.05) is 0 Å². The van der Waals surface area contributed by atoms with Crippen LogP contribution < -0.4 is 0 Å². The van der Waals surface area contributed by atoms with Crippen molar-refractivity contribution in [3.63, 3.8) is 0 Å². The summed E-state index contributed by atoms with van der Waals surface area (Å²) in [6, 6.07) is 0. The molecule has 68 valence electrons. The SMILES string of the molecule is COCCOC(F)C(F)(F)F. The third-order valence-corrected chi connectivity index (χ3v) is 0.809. The lowest BCUT2D eigenvalue weighted by atomic mass is 10.6. The van der Waals surface area contributed by atoms with Gasteiger partial charge in [0.1, 0.15) is 0 Å². The van der Waals surface area contributed by atoms with Gasteiger partial charge in [-0.15, -0.1) is 0 Å². The van der Waals surface area contributed by atoms with E-state index < -0.39 is 19.1 Å². The van der Waals surface area contributed by atoms with Crippen LogP contribution in [0.4, 0.5) is 17.6 Å². The standard InChI is InChI=1S/C5H8F4O2/c1-10-2-3-11-4(6)5(7,8)9/h4H,2-3H2,1H3. The van der Waals surface area contributed by atoms with Crippen LogP contribution in [-0.2, 0) is 9.47 Å². The van der Waals surface area contributed by atoms with E-state index >= 15 is 0 Å². The molecule has 0 saturated carbocycles. The van der Waals surface area contributed by atoms with Crippen LogP contribution in [0.2, 0.25) is 0 Å². The lowest BCUT2D eigenvalue weighted by molar-refractivity contribution is -0.266. The average molecular weight is 176 g/mol. The number of alkyl halides is 4. The van der Waals surface area contributed by atoms with Crippen LogP contribution in [0.25, 0.3) is 0 Å². The molecule has 0 rings (SSSR count). The van der Waals surface area contributed by atoms with Crippen LogP contribution in [-0.4, -0.2) is 32.9 Å². The average Bonchev–Trinajstić information content (AvgIpc) is 1.86. The van der Waals surface area contributed by atoms with E-state index in [1.165, 1.54) is 7.11 Å². The van der Waals surface area contributed by atoms with Crippen molar-refractivity contribution in [1.29, 1.82) is 0 Å². The first-order chi connectivity index (χ1) is 4.98. The normalized spacial score (nSPS) is 15.0. The molecule has 0 N–H and O–H groups in total. The van der Waals surface area contributed by atoms with Crippen molar-refractivity contribution in [3.8, 4) is 0 Å². The zero-order chi connectivity index (χ0) is 8.91. The summed E-state index contributed by atoms with van der Waals surface area (Å²) in [5.41, 5.74) is 0. The van der Waals surface area contributed by atoms with Crippen LogP contribution in [0.3, 0.4) is 0 Å². The first-order valence-corrected chi connectivity index (χ1v) is 2.80. The molecule has 1 unspecified atom stereocenters. The Balaban J connectivity index is 3.44. The maximum absolute atomic E-state index is 11.8. The van der Waals surface area contributed by atoms with Crippen LogP contribution in [0, 0.1) is 0 Å². The van der Waals surface area contributed by atoms with E-state index in [0.717, 1.165) is 0 Å². The van der Waals surface area contributed by atoms with E-state index in [4.69, 9.17) is 0 Å². The fourth-order valence-electron chi connectivity index (χ4n) is 0.329. The maximum Gasteiger partial charge on any atom is 0.445 e. The van der Waals surface area contributed by atoms with Crippen molar-refractivity contribution in [3.05, 3.63) is 0 Å². The molecule has 0 aliphatic rings. The van der Waals surface area contributed by atoms with Gasteiger partial charge < -0.3 is 9.47 Å². The molecule has 0 aliphatic carbocycles. The minimum atomic E-state index is -4.94. The highest BCUT2D eigenvalue weighted by Gasteiger charge is 2.41. The highest BCUT2D eigenvalue weighted by atomic mass is 19.4. The van der Waals surface area contributed by atoms with Gasteiger partial charge in [0, 0.05) is 7.11 Å². The van der Waals surface area contributed by atoms with Gasteiger partial charge in [-0.1, -0.05) is 0 Å². The molecule has 1 atom stereocenters. The zero-order valence-electron chi connectivity index (χ0n) is 5.82. The van der Waals surface area contributed by atoms with Gasteiger partial charge in [-0.25, -0.2) is 4.39 Å². The monoisotopic (exact) mass is 176 g/mol. The quantitative estimate of drug-likeness (QED) is 0.477. The molecule has 11 heavy (non-hydrogen) atoms. The van der Waals surface area contributed by atoms with E-state index in [1.54, 1.807) is 0 Å². The number of hydrogen-bond acceptors (Lipinski definition) is 2. The first kappa shape index (κ1) is 10.6. The van der Waals surface area contributed by atoms with Crippen molar-refractivity contribution in [2.24, 2.45) is 0 Å². The van der Waals surface area contributed by atoms with Crippen molar-refractivity contribution in [1.82, 2.24) is 0 Å². The Labute approximate surface area is 61.1 Å². The van der Waals surface area contributed by atoms with Gasteiger partial charge in [-0.2, -0.15) is 13.2 Å². The van der Waals surface area contributed by atoms with Gasteiger partial charge in [0.05, 0.1) is 13.2 Å². The molecule has 0 aromatic carbocycles. The second-order valence-electron chi connectivity index (χ2n) is 1.72. The summed E-state index contributed by atoms with van der Waals surface area (Å²) in [6.07, 6.45) is -8.15. The number of hydrogen-bond donors (Lipinski definition) is 0. The van der Waals surface area contributed by atoms with E-state index in [2.05, 4.69) is 9.47 Å². The third kappa shape index (κ3) is 4.97. The summed E-state index contributed by atoms with van der Waals surface area (Å²) in [6.45, 7) is -0.465. The van der Waals surface area contributed by atoms with Gasteiger partial charge in [-0.3, -0.25) is 0 Å². The van der Waals surface area contributed by atoms with Gasteiger partial charge in [-0.05, 0) is 0 Å². The Morgan fingerprint density at radius 3 is 2.18 bits per heavy atom. The number of rotatable bonds is 4. The summed E-state index contributed by atoms with van der Waals surface area (Å²) in [4.78, 5) is 0. The molecule has 2 nitrogen and oxygen atoms in total. The van der Waals surface area contributed by atoms with Gasteiger partial charge >= 0.3 is 6.18 Å². The zero-order valence-corrected chi connectivity index (χ0v) is 5.82. The molecule has 6 heteroatoms. The maximum atomic E-state index is 11.8. The molecule has 0 aromatic rings. The summed E-state index contributed by atoms with van der Waals surface area (Å²) >= 11 is 0. The molecule has 0 aliphatic heterocycles. The molecule has 0 bridgehead atoms. The Morgan fingerprint density at radius 1 is 1.27 bits per heavy atom. The van der Waals surface area contributed by atoms with Crippen LogP contribution >= 0.6 is 0 Å². The Bertz CT molecular complexity index is 103. The molecule has 0 saturated heterocycles. The fourth-order valence-corrected chi connectivity index (χ4v) is 0.329. The summed E-state index contributed by atoms with van der Waals surface area (Å²) in [5, 5.41) is 0. The molecule has 0 spiro atoms. The van der Waals surface area contributed by atoms with Crippen LogP contribution in [0.15, 0.2) is 0 Å². The van der Waals surface area contributed by atoms with Crippen molar-refractivity contribution >= 4 is 0 Å². The first-order valence-electron chi connectivity index (χ1n) is 2.80. The topological polar surface area (TPSA) is 18.5 Å². The van der Waals surface area contributed by atoms with Gasteiger partial charge in [0.2, 0.25) is 0 Å². The molecular formula is C5H8F4O2. The van der Waals surface area contributed by atoms with Crippen molar-refractivity contribution < 1.29 is 27.0 Å². The molecule has 0 radical (unpaired) electrons. The van der Waals surface area contributed by atoms with E-state index in [0.29, 0.717) is 0 Å². The summed E-state index contributed by atoms with van der Waals surface area (Å²) < 4.78 is 53.9. The van der Waals surface area contributed by atoms with Gasteiger partial charge in [0.25, 0.3) is 6.36 Å². The van der Waals surface area contributed by atoms with E-state index in [-0.39, 0.29) is 6.61 Å². The molecular weight excluding hydrogens is 168 g/mol. The highest BCUT2D eigenvalue weighted by molar-refractivity contribution is 4.53. The molecule has 0 heterocycles. The predicted molar refractivity (Wildman–Crippen MR) is 28.8 cm³/mol. The second kappa shape index (κ2) is 4.50. The Morgan fingerprint density at radius 2 is 1.82 bits per heavy atom. The minimum absolute atomic E-state index is 0.0590. The lowest BCUT2D eigenvalue weighted by Crippen LogP contribution is -2.28. The molecule has 0 aromatic heterocycles. The van der Waals surface area contributed by atoms with Gasteiger partial charge in [0.15, 0.2) is 0 Å². The Kier molecular flexibility index (Phi) is 4.36. The second-order valence-corrected chi connectivity index (χ2v) is 1.72. The smallest absolute Gasteiger partial charge is 0.382 e. The van der Waals surface area contributed by atoms with Crippen molar-refractivity contribution in [2.75, 3.05) is 20.3 Å². The minimum Gasteiger partial charge on any atom is -0.382 e.